The Hall–Kier alpha value is -0.350. The molecule has 90 valence electrons. The molecular formula is C11H24N2OS. The summed E-state index contributed by atoms with van der Waals surface area (Å²) in [5, 5.41) is 7.15. The van der Waals surface area contributed by atoms with Crippen LogP contribution in [0, 0.1) is 5.92 Å². The topological polar surface area (TPSA) is 33.3 Å². The summed E-state index contributed by atoms with van der Waals surface area (Å²) in [6.07, 6.45) is 2.39. The molecular weight excluding hydrogens is 208 g/mol. The van der Waals surface area contributed by atoms with E-state index in [1.807, 2.05) is 0 Å². The van der Waals surface area contributed by atoms with Gasteiger partial charge in [-0.3, -0.25) is 0 Å². The molecule has 0 aromatic carbocycles. The maximum absolute atomic E-state index is 5.18. The highest BCUT2D eigenvalue weighted by molar-refractivity contribution is 7.80. The predicted molar refractivity (Wildman–Crippen MR) is 69.1 cm³/mol. The van der Waals surface area contributed by atoms with E-state index in [9.17, 15) is 0 Å². The molecule has 1 unspecified atom stereocenters. The zero-order chi connectivity index (χ0) is 11.7. The minimum absolute atomic E-state index is 0.261. The Labute approximate surface area is 99.0 Å². The van der Waals surface area contributed by atoms with Gasteiger partial charge in [0.25, 0.3) is 0 Å². The van der Waals surface area contributed by atoms with Crippen LogP contribution >= 0.6 is 12.2 Å². The molecule has 1 atom stereocenters. The Balaban J connectivity index is 3.64. The number of hydrogen-bond donors (Lipinski definition) is 2. The third-order valence-corrected chi connectivity index (χ3v) is 2.76. The van der Waals surface area contributed by atoms with Crippen LogP contribution in [0.4, 0.5) is 0 Å². The van der Waals surface area contributed by atoms with E-state index in [-0.39, 0.29) is 6.04 Å². The summed E-state index contributed by atoms with van der Waals surface area (Å²) in [6, 6.07) is 0.261. The van der Waals surface area contributed by atoms with E-state index in [2.05, 4.69) is 31.4 Å². The SMILES string of the molecule is CCC(CC)CNC(=S)NC(C)COC. The van der Waals surface area contributed by atoms with Crippen LogP contribution in [0.15, 0.2) is 0 Å². The van der Waals surface area contributed by atoms with E-state index in [4.69, 9.17) is 17.0 Å². The molecule has 0 aliphatic carbocycles. The Morgan fingerprint density at radius 3 is 2.40 bits per heavy atom. The number of ether oxygens (including phenoxy) is 1. The van der Waals surface area contributed by atoms with E-state index in [0.717, 1.165) is 11.7 Å². The van der Waals surface area contributed by atoms with E-state index < -0.39 is 0 Å². The van der Waals surface area contributed by atoms with Crippen LogP contribution in [0.3, 0.4) is 0 Å². The smallest absolute Gasteiger partial charge is 0.166 e. The van der Waals surface area contributed by atoms with Crippen molar-refractivity contribution in [3.8, 4) is 0 Å². The molecule has 4 heteroatoms. The van der Waals surface area contributed by atoms with Gasteiger partial charge in [-0.2, -0.15) is 0 Å². The van der Waals surface area contributed by atoms with Gasteiger partial charge in [-0.05, 0) is 25.1 Å². The third-order valence-electron chi connectivity index (χ3n) is 2.50. The number of thiocarbonyl (C=S) groups is 1. The standard InChI is InChI=1S/C11H24N2OS/c1-5-10(6-2)7-12-11(15)13-9(3)8-14-4/h9-10H,5-8H2,1-4H3,(H2,12,13,15). The zero-order valence-electron chi connectivity index (χ0n) is 10.3. The molecule has 0 heterocycles. The molecule has 0 rings (SSSR count). The molecule has 0 aliphatic rings. The van der Waals surface area contributed by atoms with Crippen LogP contribution in [0.5, 0.6) is 0 Å². The normalized spacial score (nSPS) is 12.6. The summed E-state index contributed by atoms with van der Waals surface area (Å²) in [6.45, 7) is 8.10. The lowest BCUT2D eigenvalue weighted by atomic mass is 10.0. The minimum atomic E-state index is 0.261. The van der Waals surface area contributed by atoms with E-state index in [0.29, 0.717) is 12.5 Å². The van der Waals surface area contributed by atoms with Gasteiger partial charge in [-0.1, -0.05) is 26.7 Å². The van der Waals surface area contributed by atoms with Gasteiger partial charge in [0.05, 0.1) is 6.61 Å². The number of hydrogen-bond acceptors (Lipinski definition) is 2. The fraction of sp³-hybridized carbons (Fsp3) is 0.909. The second kappa shape index (κ2) is 8.92. The van der Waals surface area contributed by atoms with Crippen LogP contribution in [0.2, 0.25) is 0 Å². The molecule has 0 fully saturated rings. The van der Waals surface area contributed by atoms with Crippen molar-refractivity contribution in [2.24, 2.45) is 5.92 Å². The predicted octanol–water partition coefficient (Wildman–Crippen LogP) is 1.92. The highest BCUT2D eigenvalue weighted by atomic mass is 32.1. The molecule has 0 radical (unpaired) electrons. The lowest BCUT2D eigenvalue weighted by Gasteiger charge is -2.18. The second-order valence-electron chi connectivity index (χ2n) is 3.89. The van der Waals surface area contributed by atoms with Crippen molar-refractivity contribution in [1.82, 2.24) is 10.6 Å². The Morgan fingerprint density at radius 2 is 1.93 bits per heavy atom. The van der Waals surface area contributed by atoms with E-state index >= 15 is 0 Å². The van der Waals surface area contributed by atoms with Crippen molar-refractivity contribution in [3.05, 3.63) is 0 Å². The first kappa shape index (κ1) is 14.6. The summed E-state index contributed by atoms with van der Waals surface area (Å²) >= 11 is 5.18. The number of nitrogens with one attached hydrogen (secondary N) is 2. The molecule has 0 aromatic rings. The van der Waals surface area contributed by atoms with Crippen molar-refractivity contribution in [2.45, 2.75) is 39.7 Å². The van der Waals surface area contributed by atoms with Crippen LogP contribution in [-0.4, -0.2) is 31.4 Å². The van der Waals surface area contributed by atoms with E-state index in [1.165, 1.54) is 12.8 Å². The highest BCUT2D eigenvalue weighted by Gasteiger charge is 2.06. The van der Waals surface area contributed by atoms with Gasteiger partial charge in [0.2, 0.25) is 0 Å². The molecule has 0 saturated carbocycles. The van der Waals surface area contributed by atoms with Crippen LogP contribution < -0.4 is 10.6 Å². The van der Waals surface area contributed by atoms with Gasteiger partial charge in [-0.25, -0.2) is 0 Å². The first-order valence-corrected chi connectivity index (χ1v) is 6.08. The molecule has 3 nitrogen and oxygen atoms in total. The number of rotatable bonds is 7. The van der Waals surface area contributed by atoms with Crippen molar-refractivity contribution >= 4 is 17.3 Å². The average molecular weight is 232 g/mol. The molecule has 0 spiro atoms. The Bertz CT molecular complexity index is 172. The van der Waals surface area contributed by atoms with Crippen molar-refractivity contribution in [3.63, 3.8) is 0 Å². The molecule has 0 amide bonds. The molecule has 2 N–H and O–H groups in total. The molecule has 0 aliphatic heterocycles. The Morgan fingerprint density at radius 1 is 1.33 bits per heavy atom. The maximum atomic E-state index is 5.18. The van der Waals surface area contributed by atoms with Crippen LogP contribution in [-0.2, 0) is 4.74 Å². The van der Waals surface area contributed by atoms with Gasteiger partial charge >= 0.3 is 0 Å². The molecule has 15 heavy (non-hydrogen) atoms. The molecule has 0 bridgehead atoms. The largest absolute Gasteiger partial charge is 0.383 e. The third kappa shape index (κ3) is 7.56. The van der Waals surface area contributed by atoms with Crippen molar-refractivity contribution in [1.29, 1.82) is 0 Å². The lowest BCUT2D eigenvalue weighted by molar-refractivity contribution is 0.179. The van der Waals surface area contributed by atoms with Crippen LogP contribution in [0.1, 0.15) is 33.6 Å². The summed E-state index contributed by atoms with van der Waals surface area (Å²) < 4.78 is 5.02. The first-order chi connectivity index (χ1) is 7.13. The minimum Gasteiger partial charge on any atom is -0.383 e. The monoisotopic (exact) mass is 232 g/mol. The number of methoxy groups -OCH3 is 1. The summed E-state index contributed by atoms with van der Waals surface area (Å²) in [5.74, 6) is 0.711. The van der Waals surface area contributed by atoms with Crippen molar-refractivity contribution < 1.29 is 4.74 Å². The van der Waals surface area contributed by atoms with Crippen LogP contribution in [0.25, 0.3) is 0 Å². The van der Waals surface area contributed by atoms with Gasteiger partial charge in [0.1, 0.15) is 0 Å². The fourth-order valence-corrected chi connectivity index (χ4v) is 1.67. The summed E-state index contributed by atoms with van der Waals surface area (Å²) in [5.41, 5.74) is 0. The lowest BCUT2D eigenvalue weighted by Crippen LogP contribution is -2.43. The van der Waals surface area contributed by atoms with E-state index in [1.54, 1.807) is 7.11 Å². The summed E-state index contributed by atoms with van der Waals surface area (Å²) in [4.78, 5) is 0. The fourth-order valence-electron chi connectivity index (χ4n) is 1.38. The Kier molecular flexibility index (Phi) is 8.71. The van der Waals surface area contributed by atoms with Crippen molar-refractivity contribution in [2.75, 3.05) is 20.3 Å². The zero-order valence-corrected chi connectivity index (χ0v) is 11.1. The highest BCUT2D eigenvalue weighted by Crippen LogP contribution is 2.04. The first-order valence-electron chi connectivity index (χ1n) is 5.67. The molecule has 0 aromatic heterocycles. The molecule has 0 saturated heterocycles. The average Bonchev–Trinajstić information content (AvgIpc) is 2.19. The van der Waals surface area contributed by atoms with Gasteiger partial charge in [0, 0.05) is 19.7 Å². The summed E-state index contributed by atoms with van der Waals surface area (Å²) in [7, 11) is 1.69. The van der Waals surface area contributed by atoms with Gasteiger partial charge in [0.15, 0.2) is 5.11 Å². The van der Waals surface area contributed by atoms with Gasteiger partial charge < -0.3 is 15.4 Å². The maximum Gasteiger partial charge on any atom is 0.166 e. The quantitative estimate of drug-likeness (QED) is 0.657. The second-order valence-corrected chi connectivity index (χ2v) is 4.30. The van der Waals surface area contributed by atoms with Gasteiger partial charge in [-0.15, -0.1) is 0 Å².